The fourth-order valence-electron chi connectivity index (χ4n) is 2.49. The molecule has 0 saturated heterocycles. The van der Waals surface area contributed by atoms with Crippen molar-refractivity contribution in [1.29, 1.82) is 0 Å². The summed E-state index contributed by atoms with van der Waals surface area (Å²) in [5, 5.41) is 13.9. The van der Waals surface area contributed by atoms with Crippen molar-refractivity contribution in [2.75, 3.05) is 14.2 Å². The van der Waals surface area contributed by atoms with Gasteiger partial charge in [0.2, 0.25) is 0 Å². The minimum Gasteiger partial charge on any atom is -0.497 e. The maximum atomic E-state index is 13.1. The number of methoxy groups -OCH3 is 2. The van der Waals surface area contributed by atoms with Gasteiger partial charge in [-0.1, -0.05) is 5.16 Å². The van der Waals surface area contributed by atoms with Crippen LogP contribution in [-0.4, -0.2) is 24.5 Å². The van der Waals surface area contributed by atoms with Crippen molar-refractivity contribution in [2.24, 2.45) is 0 Å². The molecule has 6 heteroatoms. The Morgan fingerprint density at radius 3 is 2.46 bits per heavy atom. The highest BCUT2D eigenvalue weighted by molar-refractivity contribution is 5.76. The molecule has 0 unspecified atom stereocenters. The van der Waals surface area contributed by atoms with Gasteiger partial charge in [-0.25, -0.2) is 4.39 Å². The lowest BCUT2D eigenvalue weighted by molar-refractivity contribution is 0.281. The van der Waals surface area contributed by atoms with E-state index >= 15 is 0 Å². The molecule has 3 aromatic rings. The lowest BCUT2D eigenvalue weighted by Gasteiger charge is -2.09. The molecule has 124 valence electrons. The van der Waals surface area contributed by atoms with Gasteiger partial charge in [0.1, 0.15) is 23.0 Å². The summed E-state index contributed by atoms with van der Waals surface area (Å²) < 4.78 is 29.1. The van der Waals surface area contributed by atoms with Crippen molar-refractivity contribution in [1.82, 2.24) is 5.16 Å². The van der Waals surface area contributed by atoms with Gasteiger partial charge in [-0.15, -0.1) is 0 Å². The van der Waals surface area contributed by atoms with Gasteiger partial charge in [-0.3, -0.25) is 0 Å². The van der Waals surface area contributed by atoms with E-state index in [0.29, 0.717) is 39.6 Å². The molecule has 0 aliphatic carbocycles. The van der Waals surface area contributed by atoms with E-state index in [-0.39, 0.29) is 12.4 Å². The zero-order valence-electron chi connectivity index (χ0n) is 13.2. The topological polar surface area (TPSA) is 64.7 Å². The van der Waals surface area contributed by atoms with Crippen LogP contribution in [0.25, 0.3) is 22.6 Å². The van der Waals surface area contributed by atoms with E-state index in [1.807, 2.05) is 0 Å². The van der Waals surface area contributed by atoms with Crippen LogP contribution < -0.4 is 9.47 Å². The Hall–Kier alpha value is -2.86. The van der Waals surface area contributed by atoms with E-state index in [4.69, 9.17) is 14.0 Å². The molecule has 24 heavy (non-hydrogen) atoms. The van der Waals surface area contributed by atoms with Crippen LogP contribution in [0.15, 0.2) is 47.0 Å². The Kier molecular flexibility index (Phi) is 4.48. The second-order valence-corrected chi connectivity index (χ2v) is 5.07. The largest absolute Gasteiger partial charge is 0.497 e. The van der Waals surface area contributed by atoms with Crippen molar-refractivity contribution in [2.45, 2.75) is 6.61 Å². The molecule has 2 aromatic carbocycles. The Labute approximate surface area is 138 Å². The first-order valence-corrected chi connectivity index (χ1v) is 7.25. The SMILES string of the molecule is COc1ccc(-c2noc(-c3ccc(F)cc3)c2CO)c(OC)c1. The van der Waals surface area contributed by atoms with Gasteiger partial charge in [0, 0.05) is 17.2 Å². The summed E-state index contributed by atoms with van der Waals surface area (Å²) in [6.07, 6.45) is 0. The van der Waals surface area contributed by atoms with Crippen molar-refractivity contribution in [3.63, 3.8) is 0 Å². The highest BCUT2D eigenvalue weighted by atomic mass is 19.1. The predicted octanol–water partition coefficient (Wildman–Crippen LogP) is 3.66. The molecule has 0 saturated carbocycles. The van der Waals surface area contributed by atoms with E-state index in [1.165, 1.54) is 19.2 Å². The number of ether oxygens (including phenoxy) is 2. The number of benzene rings is 2. The number of halogens is 1. The number of aliphatic hydroxyl groups is 1. The molecule has 0 bridgehead atoms. The first kappa shape index (κ1) is 16.0. The van der Waals surface area contributed by atoms with E-state index in [2.05, 4.69) is 5.16 Å². The Balaban J connectivity index is 2.11. The Morgan fingerprint density at radius 1 is 1.08 bits per heavy atom. The fraction of sp³-hybridized carbons (Fsp3) is 0.167. The van der Waals surface area contributed by atoms with E-state index in [9.17, 15) is 9.50 Å². The number of nitrogens with zero attached hydrogens (tertiary/aromatic N) is 1. The van der Waals surface area contributed by atoms with Crippen LogP contribution in [0, 0.1) is 5.82 Å². The monoisotopic (exact) mass is 329 g/mol. The fourth-order valence-corrected chi connectivity index (χ4v) is 2.49. The van der Waals surface area contributed by atoms with Gasteiger partial charge in [0.05, 0.1) is 26.4 Å². The lowest BCUT2D eigenvalue weighted by atomic mass is 10.0. The Morgan fingerprint density at radius 2 is 1.83 bits per heavy atom. The van der Waals surface area contributed by atoms with Crippen molar-refractivity contribution in [3.8, 4) is 34.1 Å². The van der Waals surface area contributed by atoms with Crippen LogP contribution in [0.3, 0.4) is 0 Å². The normalized spacial score (nSPS) is 10.7. The zero-order chi connectivity index (χ0) is 17.1. The van der Waals surface area contributed by atoms with Crippen LogP contribution in [0.5, 0.6) is 11.5 Å². The predicted molar refractivity (Wildman–Crippen MR) is 86.4 cm³/mol. The highest BCUT2D eigenvalue weighted by Gasteiger charge is 2.21. The summed E-state index contributed by atoms with van der Waals surface area (Å²) in [7, 11) is 3.11. The smallest absolute Gasteiger partial charge is 0.173 e. The van der Waals surface area contributed by atoms with Gasteiger partial charge in [0.25, 0.3) is 0 Å². The second kappa shape index (κ2) is 6.72. The van der Waals surface area contributed by atoms with Crippen LogP contribution >= 0.6 is 0 Å². The molecule has 0 aliphatic heterocycles. The molecule has 1 heterocycles. The molecule has 1 N–H and O–H groups in total. The van der Waals surface area contributed by atoms with E-state index in [0.717, 1.165) is 0 Å². The van der Waals surface area contributed by atoms with Gasteiger partial charge in [-0.05, 0) is 36.4 Å². The lowest BCUT2D eigenvalue weighted by Crippen LogP contribution is -1.94. The maximum absolute atomic E-state index is 13.1. The summed E-state index contributed by atoms with van der Waals surface area (Å²) >= 11 is 0. The third-order valence-electron chi connectivity index (χ3n) is 3.72. The number of rotatable bonds is 5. The van der Waals surface area contributed by atoms with Crippen LogP contribution in [0.2, 0.25) is 0 Å². The quantitative estimate of drug-likeness (QED) is 0.774. The van der Waals surface area contributed by atoms with Gasteiger partial charge in [0.15, 0.2) is 5.76 Å². The maximum Gasteiger partial charge on any atom is 0.173 e. The zero-order valence-corrected chi connectivity index (χ0v) is 13.2. The first-order chi connectivity index (χ1) is 11.7. The summed E-state index contributed by atoms with van der Waals surface area (Å²) in [5.74, 6) is 1.23. The molecular formula is C18H16FNO4. The molecule has 0 fully saturated rings. The Bertz CT molecular complexity index is 843. The number of hydrogen-bond acceptors (Lipinski definition) is 5. The highest BCUT2D eigenvalue weighted by Crippen LogP contribution is 2.38. The number of hydrogen-bond donors (Lipinski definition) is 1. The first-order valence-electron chi connectivity index (χ1n) is 7.25. The summed E-state index contributed by atoms with van der Waals surface area (Å²) in [4.78, 5) is 0. The molecule has 0 amide bonds. The molecule has 1 aromatic heterocycles. The molecule has 0 spiro atoms. The second-order valence-electron chi connectivity index (χ2n) is 5.07. The molecular weight excluding hydrogens is 313 g/mol. The van der Waals surface area contributed by atoms with Crippen molar-refractivity contribution in [3.05, 3.63) is 53.8 Å². The van der Waals surface area contributed by atoms with Crippen LogP contribution in [0.1, 0.15) is 5.56 Å². The standard InChI is InChI=1S/C18H16FNO4/c1-22-13-7-8-14(16(9-13)23-2)17-15(10-21)18(24-20-17)11-3-5-12(19)6-4-11/h3-9,21H,10H2,1-2H3. The molecule has 5 nitrogen and oxygen atoms in total. The van der Waals surface area contributed by atoms with Crippen LogP contribution in [-0.2, 0) is 6.61 Å². The van der Waals surface area contributed by atoms with Crippen LogP contribution in [0.4, 0.5) is 4.39 Å². The van der Waals surface area contributed by atoms with Crippen molar-refractivity contribution >= 4 is 0 Å². The third-order valence-corrected chi connectivity index (χ3v) is 3.72. The summed E-state index contributed by atoms with van der Waals surface area (Å²) in [5.41, 5.74) is 2.27. The number of aromatic nitrogens is 1. The number of aliphatic hydroxyl groups excluding tert-OH is 1. The van der Waals surface area contributed by atoms with Gasteiger partial charge >= 0.3 is 0 Å². The third kappa shape index (κ3) is 2.83. The molecule has 3 rings (SSSR count). The van der Waals surface area contributed by atoms with Gasteiger partial charge < -0.3 is 19.1 Å². The van der Waals surface area contributed by atoms with Crippen molar-refractivity contribution < 1.29 is 23.5 Å². The minimum absolute atomic E-state index is 0.277. The molecule has 0 radical (unpaired) electrons. The summed E-state index contributed by atoms with van der Waals surface area (Å²) in [6.45, 7) is -0.277. The molecule has 0 aliphatic rings. The average Bonchev–Trinajstić information content (AvgIpc) is 3.05. The van der Waals surface area contributed by atoms with Gasteiger partial charge in [-0.2, -0.15) is 0 Å². The summed E-state index contributed by atoms with van der Waals surface area (Å²) in [6, 6.07) is 11.1. The average molecular weight is 329 g/mol. The minimum atomic E-state index is -0.346. The van der Waals surface area contributed by atoms with E-state index in [1.54, 1.807) is 37.4 Å². The molecule has 0 atom stereocenters. The van der Waals surface area contributed by atoms with E-state index < -0.39 is 0 Å².